The lowest BCUT2D eigenvalue weighted by molar-refractivity contribution is -0.143. The van der Waals surface area contributed by atoms with Crippen LogP contribution in [0.2, 0.25) is 0 Å². The summed E-state index contributed by atoms with van der Waals surface area (Å²) in [4.78, 5) is 44.9. The van der Waals surface area contributed by atoms with Crippen LogP contribution < -0.4 is 4.90 Å². The van der Waals surface area contributed by atoms with Gasteiger partial charge in [0.15, 0.2) is 5.78 Å². The zero-order valence-electron chi connectivity index (χ0n) is 17.9. The van der Waals surface area contributed by atoms with E-state index >= 15 is 0 Å². The first-order valence-corrected chi connectivity index (χ1v) is 11.7. The van der Waals surface area contributed by atoms with Crippen LogP contribution in [0.25, 0.3) is 6.08 Å². The molecule has 2 aromatic carbocycles. The number of rotatable bonds is 3. The number of anilines is 1. The zero-order valence-corrected chi connectivity index (χ0v) is 17.9. The minimum atomic E-state index is -0.677. The van der Waals surface area contributed by atoms with Crippen molar-refractivity contribution in [2.24, 2.45) is 11.8 Å². The summed E-state index contributed by atoms with van der Waals surface area (Å²) in [5.41, 5.74) is 2.52. The molecule has 32 heavy (non-hydrogen) atoms. The lowest BCUT2D eigenvalue weighted by Crippen LogP contribution is -2.51. The van der Waals surface area contributed by atoms with E-state index in [9.17, 15) is 14.4 Å². The van der Waals surface area contributed by atoms with Gasteiger partial charge in [0, 0.05) is 17.3 Å². The summed E-state index contributed by atoms with van der Waals surface area (Å²) in [6.07, 6.45) is 9.06. The van der Waals surface area contributed by atoms with E-state index in [-0.39, 0.29) is 29.7 Å². The first-order chi connectivity index (χ1) is 15.7. The first kappa shape index (κ1) is 19.5. The van der Waals surface area contributed by atoms with Crippen LogP contribution in [0.1, 0.15) is 48.0 Å². The zero-order chi connectivity index (χ0) is 21.8. The normalized spacial score (nSPS) is 29.1. The fourth-order valence-electron chi connectivity index (χ4n) is 6.31. The van der Waals surface area contributed by atoms with Crippen LogP contribution in [0.4, 0.5) is 5.69 Å². The molecule has 3 fully saturated rings. The van der Waals surface area contributed by atoms with Crippen LogP contribution in [0.15, 0.2) is 60.7 Å². The van der Waals surface area contributed by atoms with Crippen molar-refractivity contribution >= 4 is 29.4 Å². The van der Waals surface area contributed by atoms with Crippen molar-refractivity contribution < 1.29 is 14.4 Å². The fraction of sp³-hybridized carbons (Fsp3) is 0.370. The smallest absolute Gasteiger partial charge is 0.236 e. The van der Waals surface area contributed by atoms with E-state index in [1.165, 1.54) is 0 Å². The van der Waals surface area contributed by atoms with Gasteiger partial charge in [0.05, 0.1) is 17.9 Å². The van der Waals surface area contributed by atoms with Crippen molar-refractivity contribution in [3.05, 3.63) is 71.8 Å². The van der Waals surface area contributed by atoms with Crippen molar-refractivity contribution in [1.29, 1.82) is 0 Å². The fourth-order valence-corrected chi connectivity index (χ4v) is 6.31. The third-order valence-electron chi connectivity index (χ3n) is 7.72. The van der Waals surface area contributed by atoms with Crippen molar-refractivity contribution in [2.45, 2.75) is 50.2 Å². The van der Waals surface area contributed by atoms with Crippen LogP contribution in [0.3, 0.4) is 0 Å². The van der Waals surface area contributed by atoms with Crippen molar-refractivity contribution in [1.82, 2.24) is 4.90 Å². The molecule has 3 aliphatic heterocycles. The molecule has 0 aromatic heterocycles. The summed E-state index contributed by atoms with van der Waals surface area (Å²) < 4.78 is 0. The molecule has 6 rings (SSSR count). The quantitative estimate of drug-likeness (QED) is 0.548. The number of hydrogen-bond donors (Lipinski definition) is 0. The third-order valence-corrected chi connectivity index (χ3v) is 7.72. The van der Waals surface area contributed by atoms with Crippen molar-refractivity contribution in [3.63, 3.8) is 0 Å². The van der Waals surface area contributed by atoms with Gasteiger partial charge in [-0.05, 0) is 24.5 Å². The van der Waals surface area contributed by atoms with E-state index in [1.807, 2.05) is 59.5 Å². The average molecular weight is 427 g/mol. The number of likely N-dealkylation sites (tertiary alicyclic amines) is 1. The molecular weight excluding hydrogens is 400 g/mol. The third kappa shape index (κ3) is 2.73. The molecule has 4 aliphatic rings. The number of imide groups is 1. The van der Waals surface area contributed by atoms with E-state index in [2.05, 4.69) is 0 Å². The SMILES string of the molecule is O=C(c1ccccc1)[C@@H]1[C@@H]2C(=O)N(C3CCCCC3)C(=O)[C@H]2[C@H]2C=Cc3ccccc3N21. The van der Waals surface area contributed by atoms with E-state index in [0.717, 1.165) is 43.4 Å². The second kappa shape index (κ2) is 7.44. The summed E-state index contributed by atoms with van der Waals surface area (Å²) in [5, 5.41) is 0. The number of carbonyl (C=O) groups excluding carboxylic acids is 3. The van der Waals surface area contributed by atoms with E-state index in [4.69, 9.17) is 0 Å². The number of Topliss-reactive ketones (excluding diaryl/α,β-unsaturated/α-hetero) is 1. The standard InChI is InChI=1S/C27H26N2O3/c30-25(18-10-3-1-4-11-18)24-23-22(21-16-15-17-9-7-8-14-20(17)29(21)24)26(31)28(27(23)32)19-12-5-2-6-13-19/h1,3-4,7-11,14-16,19,21-24H,2,5-6,12-13H2/t21-,22+,23-,24+/m1/s1. The molecule has 2 amide bonds. The van der Waals surface area contributed by atoms with E-state index in [0.29, 0.717) is 5.56 Å². The molecular formula is C27H26N2O3. The predicted molar refractivity (Wildman–Crippen MR) is 122 cm³/mol. The molecule has 2 saturated heterocycles. The Labute approximate surface area is 187 Å². The number of fused-ring (bicyclic) bond motifs is 5. The van der Waals surface area contributed by atoms with Crippen molar-refractivity contribution in [3.8, 4) is 0 Å². The van der Waals surface area contributed by atoms with E-state index < -0.39 is 17.9 Å². The summed E-state index contributed by atoms with van der Waals surface area (Å²) in [5.74, 6) is -1.47. The van der Waals surface area contributed by atoms with Gasteiger partial charge in [0.1, 0.15) is 6.04 Å². The average Bonchev–Trinajstić information content (AvgIpc) is 3.32. The van der Waals surface area contributed by atoms with Gasteiger partial charge in [-0.2, -0.15) is 0 Å². The molecule has 162 valence electrons. The van der Waals surface area contributed by atoms with E-state index in [1.54, 1.807) is 17.0 Å². The Bertz CT molecular complexity index is 1120. The maximum atomic E-state index is 13.8. The highest BCUT2D eigenvalue weighted by Gasteiger charge is 2.64. The summed E-state index contributed by atoms with van der Waals surface area (Å²) in [6, 6.07) is 16.1. The van der Waals surface area contributed by atoms with Gasteiger partial charge in [-0.25, -0.2) is 0 Å². The second-order valence-electron chi connectivity index (χ2n) is 9.38. The Morgan fingerprint density at radius 2 is 1.50 bits per heavy atom. The Morgan fingerprint density at radius 1 is 0.812 bits per heavy atom. The number of nitrogens with zero attached hydrogens (tertiary/aromatic N) is 2. The molecule has 2 aromatic rings. The predicted octanol–water partition coefficient (Wildman–Crippen LogP) is 4.09. The molecule has 1 saturated carbocycles. The Morgan fingerprint density at radius 3 is 2.28 bits per heavy atom. The van der Waals surface area contributed by atoms with Crippen molar-refractivity contribution in [2.75, 3.05) is 4.90 Å². The Hall–Kier alpha value is -3.21. The molecule has 0 unspecified atom stereocenters. The molecule has 1 aliphatic carbocycles. The summed E-state index contributed by atoms with van der Waals surface area (Å²) in [6.45, 7) is 0. The van der Waals surface area contributed by atoms with Crippen LogP contribution in [-0.2, 0) is 9.59 Å². The minimum Gasteiger partial charge on any atom is -0.352 e. The number of ketones is 1. The van der Waals surface area contributed by atoms with Crippen LogP contribution in [0.5, 0.6) is 0 Å². The highest BCUT2D eigenvalue weighted by molar-refractivity contribution is 6.14. The lowest BCUT2D eigenvalue weighted by atomic mass is 9.86. The lowest BCUT2D eigenvalue weighted by Gasteiger charge is -2.38. The van der Waals surface area contributed by atoms with Gasteiger partial charge in [0.25, 0.3) is 0 Å². The number of carbonyl (C=O) groups is 3. The molecule has 0 bridgehead atoms. The maximum absolute atomic E-state index is 13.8. The highest BCUT2D eigenvalue weighted by Crippen LogP contribution is 2.50. The topological polar surface area (TPSA) is 57.7 Å². The van der Waals surface area contributed by atoms with Gasteiger partial charge in [-0.1, -0.05) is 79.9 Å². The van der Waals surface area contributed by atoms with Gasteiger partial charge >= 0.3 is 0 Å². The number of amides is 2. The summed E-state index contributed by atoms with van der Waals surface area (Å²) in [7, 11) is 0. The van der Waals surface area contributed by atoms with Gasteiger partial charge in [-0.15, -0.1) is 0 Å². The number of para-hydroxylation sites is 1. The monoisotopic (exact) mass is 426 g/mol. The first-order valence-electron chi connectivity index (χ1n) is 11.7. The molecule has 5 heteroatoms. The maximum Gasteiger partial charge on any atom is 0.236 e. The number of hydrogen-bond acceptors (Lipinski definition) is 4. The summed E-state index contributed by atoms with van der Waals surface area (Å²) >= 11 is 0. The van der Waals surface area contributed by atoms with Crippen LogP contribution in [0, 0.1) is 11.8 Å². The highest BCUT2D eigenvalue weighted by atomic mass is 16.2. The van der Waals surface area contributed by atoms with Gasteiger partial charge in [0.2, 0.25) is 11.8 Å². The van der Waals surface area contributed by atoms with Crippen LogP contribution in [-0.4, -0.2) is 40.6 Å². The second-order valence-corrected chi connectivity index (χ2v) is 9.38. The molecule has 3 heterocycles. The molecule has 0 spiro atoms. The van der Waals surface area contributed by atoms with Gasteiger partial charge in [-0.3, -0.25) is 19.3 Å². The number of benzene rings is 2. The van der Waals surface area contributed by atoms with Gasteiger partial charge < -0.3 is 4.90 Å². The molecule has 0 N–H and O–H groups in total. The van der Waals surface area contributed by atoms with Crippen LogP contribution >= 0.6 is 0 Å². The largest absolute Gasteiger partial charge is 0.352 e. The Kier molecular flexibility index (Phi) is 4.53. The minimum absolute atomic E-state index is 0.0184. The Balaban J connectivity index is 1.46. The molecule has 4 atom stereocenters. The molecule has 0 radical (unpaired) electrons. The molecule has 5 nitrogen and oxygen atoms in total.